The Kier molecular flexibility index (Phi) is 3.17. The Bertz CT molecular complexity index is 945. The average molecular weight is 330 g/mol. The largest absolute Gasteiger partial charge is 0.464 e. The fourth-order valence-corrected chi connectivity index (χ4v) is 3.61. The lowest BCUT2D eigenvalue weighted by Gasteiger charge is -2.38. The van der Waals surface area contributed by atoms with Crippen LogP contribution in [-0.4, -0.2) is 10.7 Å². The number of nitrogens with zero attached hydrogens (tertiary/aromatic N) is 2. The molecule has 5 rings (SSSR count). The Morgan fingerprint density at radius 2 is 1.76 bits per heavy atom. The summed E-state index contributed by atoms with van der Waals surface area (Å²) in [4.78, 5) is 0. The summed E-state index contributed by atoms with van der Waals surface area (Å²) in [5.41, 5.74) is 3.25. The highest BCUT2D eigenvalue weighted by molar-refractivity contribution is 5.99. The molecule has 0 amide bonds. The second-order valence-electron chi connectivity index (χ2n) is 6.48. The molecule has 1 aromatic heterocycles. The predicted molar refractivity (Wildman–Crippen MR) is 95.4 cm³/mol. The van der Waals surface area contributed by atoms with Gasteiger partial charge in [-0.1, -0.05) is 48.5 Å². The summed E-state index contributed by atoms with van der Waals surface area (Å²) in [6.45, 7) is 1.96. The van der Waals surface area contributed by atoms with Crippen LogP contribution in [0.4, 0.5) is 0 Å². The van der Waals surface area contributed by atoms with Gasteiger partial charge < -0.3 is 9.15 Å². The first-order valence-corrected chi connectivity index (χ1v) is 8.53. The van der Waals surface area contributed by atoms with Gasteiger partial charge in [0.2, 0.25) is 6.23 Å². The Balaban J connectivity index is 1.60. The Morgan fingerprint density at radius 1 is 0.960 bits per heavy atom. The van der Waals surface area contributed by atoms with Crippen molar-refractivity contribution in [2.24, 2.45) is 5.10 Å². The van der Waals surface area contributed by atoms with E-state index in [1.165, 1.54) is 5.56 Å². The minimum absolute atomic E-state index is 0.163. The number of hydrogen-bond donors (Lipinski definition) is 0. The molecule has 0 bridgehead atoms. The van der Waals surface area contributed by atoms with Crippen LogP contribution in [-0.2, 0) is 0 Å². The van der Waals surface area contributed by atoms with Gasteiger partial charge in [-0.3, -0.25) is 0 Å². The average Bonchev–Trinajstić information content (AvgIpc) is 3.28. The van der Waals surface area contributed by atoms with Crippen LogP contribution in [0.25, 0.3) is 0 Å². The molecule has 0 unspecified atom stereocenters. The molecule has 0 saturated carbocycles. The molecule has 4 heteroatoms. The molecule has 2 aliphatic rings. The number of aryl methyl sites for hydroxylation is 1. The quantitative estimate of drug-likeness (QED) is 0.675. The third kappa shape index (κ3) is 2.33. The summed E-state index contributed by atoms with van der Waals surface area (Å²) in [5.74, 6) is 2.68. The maximum absolute atomic E-state index is 6.31. The summed E-state index contributed by atoms with van der Waals surface area (Å²) < 4.78 is 12.1. The fourth-order valence-electron chi connectivity index (χ4n) is 3.61. The highest BCUT2D eigenvalue weighted by Crippen LogP contribution is 2.47. The molecule has 0 radical (unpaired) electrons. The van der Waals surface area contributed by atoms with Crippen molar-refractivity contribution in [1.29, 1.82) is 0 Å². The van der Waals surface area contributed by atoms with Crippen molar-refractivity contribution < 1.29 is 9.15 Å². The first-order valence-electron chi connectivity index (χ1n) is 8.53. The van der Waals surface area contributed by atoms with Crippen LogP contribution in [0.15, 0.2) is 76.2 Å². The van der Waals surface area contributed by atoms with Crippen LogP contribution in [0.5, 0.6) is 5.75 Å². The molecular formula is C21H18N2O2. The minimum Gasteiger partial charge on any atom is -0.464 e. The number of ether oxygens (including phenoxy) is 1. The van der Waals surface area contributed by atoms with E-state index in [1.807, 2.05) is 49.4 Å². The van der Waals surface area contributed by atoms with E-state index in [-0.39, 0.29) is 12.3 Å². The van der Waals surface area contributed by atoms with E-state index in [4.69, 9.17) is 14.3 Å². The molecule has 0 saturated heterocycles. The van der Waals surface area contributed by atoms with Gasteiger partial charge in [-0.15, -0.1) is 0 Å². The zero-order valence-corrected chi connectivity index (χ0v) is 13.9. The van der Waals surface area contributed by atoms with Crippen LogP contribution in [0, 0.1) is 6.92 Å². The lowest BCUT2D eigenvalue weighted by atomic mass is 9.97. The first kappa shape index (κ1) is 14.3. The van der Waals surface area contributed by atoms with Crippen LogP contribution in [0.1, 0.15) is 41.3 Å². The number of benzene rings is 2. The van der Waals surface area contributed by atoms with Gasteiger partial charge in [0, 0.05) is 17.5 Å². The number of hydrogen-bond acceptors (Lipinski definition) is 4. The van der Waals surface area contributed by atoms with E-state index in [0.29, 0.717) is 0 Å². The van der Waals surface area contributed by atoms with Gasteiger partial charge in [0.05, 0.1) is 6.04 Å². The summed E-state index contributed by atoms with van der Waals surface area (Å²) in [7, 11) is 0. The fraction of sp³-hybridized carbons (Fsp3) is 0.190. The van der Waals surface area contributed by atoms with Gasteiger partial charge in [-0.05, 0) is 25.1 Å². The highest BCUT2D eigenvalue weighted by Gasteiger charge is 2.41. The highest BCUT2D eigenvalue weighted by atomic mass is 16.5. The molecule has 25 heavy (non-hydrogen) atoms. The zero-order chi connectivity index (χ0) is 16.8. The summed E-state index contributed by atoms with van der Waals surface area (Å²) in [5, 5.41) is 6.96. The summed E-state index contributed by atoms with van der Waals surface area (Å²) in [6, 6.07) is 22.6. The van der Waals surface area contributed by atoms with Crippen LogP contribution < -0.4 is 4.74 Å². The van der Waals surface area contributed by atoms with Gasteiger partial charge in [-0.2, -0.15) is 5.10 Å². The van der Waals surface area contributed by atoms with Crippen molar-refractivity contribution in [3.8, 4) is 5.75 Å². The van der Waals surface area contributed by atoms with E-state index >= 15 is 0 Å². The number of furan rings is 1. The molecule has 124 valence electrons. The van der Waals surface area contributed by atoms with E-state index in [1.54, 1.807) is 0 Å². The van der Waals surface area contributed by atoms with E-state index in [9.17, 15) is 0 Å². The van der Waals surface area contributed by atoms with E-state index in [0.717, 1.165) is 35.0 Å². The Labute approximate surface area is 146 Å². The Hall–Kier alpha value is -3.01. The number of rotatable bonds is 2. The maximum atomic E-state index is 6.31. The topological polar surface area (TPSA) is 38.0 Å². The zero-order valence-electron chi connectivity index (χ0n) is 13.9. The SMILES string of the molecule is Cc1ccc(C2=NN3[C@@H](C2)c2ccccc2O[C@H]3c2ccccc2)o1. The lowest BCUT2D eigenvalue weighted by Crippen LogP contribution is -2.33. The van der Waals surface area contributed by atoms with E-state index in [2.05, 4.69) is 29.3 Å². The standard InChI is InChI=1S/C21H18N2O2/c1-14-11-12-20(24-14)17-13-18-16-9-5-6-10-19(16)25-21(23(18)22-17)15-7-3-2-4-8-15/h2-12,18,21H,13H2,1H3/t18-,21-/m0/s1. The van der Waals surface area contributed by atoms with Crippen molar-refractivity contribution in [2.45, 2.75) is 25.6 Å². The van der Waals surface area contributed by atoms with E-state index < -0.39 is 0 Å². The molecule has 2 atom stereocenters. The third-order valence-electron chi connectivity index (χ3n) is 4.81. The second-order valence-corrected chi connectivity index (χ2v) is 6.48. The minimum atomic E-state index is -0.227. The van der Waals surface area contributed by atoms with Crippen molar-refractivity contribution in [2.75, 3.05) is 0 Å². The maximum Gasteiger partial charge on any atom is 0.213 e. The smallest absolute Gasteiger partial charge is 0.213 e. The van der Waals surface area contributed by atoms with Gasteiger partial charge in [0.25, 0.3) is 0 Å². The molecule has 2 aliphatic heterocycles. The molecule has 0 aliphatic carbocycles. The van der Waals surface area contributed by atoms with Gasteiger partial charge in [0.15, 0.2) is 0 Å². The van der Waals surface area contributed by atoms with Crippen molar-refractivity contribution in [1.82, 2.24) is 5.01 Å². The third-order valence-corrected chi connectivity index (χ3v) is 4.81. The van der Waals surface area contributed by atoms with Crippen molar-refractivity contribution in [3.05, 3.63) is 89.4 Å². The summed E-state index contributed by atoms with van der Waals surface area (Å²) in [6.07, 6.45) is 0.589. The van der Waals surface area contributed by atoms with Gasteiger partial charge in [-0.25, -0.2) is 5.01 Å². The monoisotopic (exact) mass is 330 g/mol. The molecular weight excluding hydrogens is 312 g/mol. The van der Waals surface area contributed by atoms with Gasteiger partial charge in [0.1, 0.15) is 23.0 Å². The molecule has 0 N–H and O–H groups in total. The number of hydrazone groups is 1. The van der Waals surface area contributed by atoms with Crippen molar-refractivity contribution in [3.63, 3.8) is 0 Å². The number of fused-ring (bicyclic) bond motifs is 3. The molecule has 3 aromatic rings. The molecule has 0 fully saturated rings. The van der Waals surface area contributed by atoms with Crippen molar-refractivity contribution >= 4 is 5.71 Å². The first-order chi connectivity index (χ1) is 12.3. The molecule has 4 nitrogen and oxygen atoms in total. The van der Waals surface area contributed by atoms with Crippen LogP contribution >= 0.6 is 0 Å². The second kappa shape index (κ2) is 5.52. The number of para-hydroxylation sites is 1. The summed E-state index contributed by atoms with van der Waals surface area (Å²) >= 11 is 0. The van der Waals surface area contributed by atoms with Crippen LogP contribution in [0.3, 0.4) is 0 Å². The van der Waals surface area contributed by atoms with Gasteiger partial charge >= 0.3 is 0 Å². The Morgan fingerprint density at radius 3 is 2.56 bits per heavy atom. The normalized spacial score (nSPS) is 21.3. The van der Waals surface area contributed by atoms with Crippen LogP contribution in [0.2, 0.25) is 0 Å². The molecule has 2 aromatic carbocycles. The molecule has 0 spiro atoms. The predicted octanol–water partition coefficient (Wildman–Crippen LogP) is 4.83. The molecule has 3 heterocycles. The lowest BCUT2D eigenvalue weighted by molar-refractivity contribution is -0.0190.